The lowest BCUT2D eigenvalue weighted by atomic mass is 10.1. The van der Waals surface area contributed by atoms with Crippen molar-refractivity contribution in [2.45, 2.75) is 62.6 Å². The van der Waals surface area contributed by atoms with Crippen molar-refractivity contribution in [3.8, 4) is 0 Å². The van der Waals surface area contributed by atoms with Crippen LogP contribution >= 0.6 is 39.3 Å². The number of carbonyl (C=O) groups excluding carboxylic acids is 2. The molecule has 0 bridgehead atoms. The van der Waals surface area contributed by atoms with Gasteiger partial charge in [-0.3, -0.25) is 9.59 Å². The first-order valence-electron chi connectivity index (χ1n) is 10.6. The van der Waals surface area contributed by atoms with E-state index >= 15 is 0 Å². The van der Waals surface area contributed by atoms with Crippen LogP contribution in [0.15, 0.2) is 57.9 Å². The molecule has 1 fully saturated rings. The average Bonchev–Trinajstić information content (AvgIpc) is 3.26. The first kappa shape index (κ1) is 24.1. The van der Waals surface area contributed by atoms with E-state index in [1.165, 1.54) is 0 Å². The molecule has 1 aliphatic rings. The number of rotatable bonds is 9. The highest BCUT2D eigenvalue weighted by molar-refractivity contribution is 9.10. The summed E-state index contributed by atoms with van der Waals surface area (Å²) in [6.45, 7) is 2.23. The van der Waals surface area contributed by atoms with Gasteiger partial charge in [0.15, 0.2) is 0 Å². The number of halogens is 2. The molecule has 1 unspecified atom stereocenters. The summed E-state index contributed by atoms with van der Waals surface area (Å²) in [6.07, 6.45) is 4.72. The fraction of sp³-hybridized carbons (Fsp3) is 0.417. The predicted molar refractivity (Wildman–Crippen MR) is 131 cm³/mol. The van der Waals surface area contributed by atoms with E-state index in [4.69, 9.17) is 11.6 Å². The van der Waals surface area contributed by atoms with Gasteiger partial charge in [0, 0.05) is 39.2 Å². The Morgan fingerprint density at radius 1 is 1.19 bits per heavy atom. The number of nitrogens with one attached hydrogen (secondary N) is 1. The van der Waals surface area contributed by atoms with E-state index in [9.17, 15) is 9.59 Å². The Labute approximate surface area is 202 Å². The number of benzene rings is 2. The monoisotopic (exact) mass is 522 g/mol. The molecule has 0 aliphatic heterocycles. The molecule has 31 heavy (non-hydrogen) atoms. The second-order valence-electron chi connectivity index (χ2n) is 7.87. The Hall–Kier alpha value is -1.50. The normalized spacial score (nSPS) is 14.9. The molecule has 0 aromatic heterocycles. The van der Waals surface area contributed by atoms with Crippen LogP contribution in [0.1, 0.15) is 44.6 Å². The smallest absolute Gasteiger partial charge is 0.242 e. The molecule has 2 aromatic rings. The quantitative estimate of drug-likeness (QED) is 0.406. The van der Waals surface area contributed by atoms with Gasteiger partial charge in [0.1, 0.15) is 6.04 Å². The molecule has 0 saturated heterocycles. The van der Waals surface area contributed by atoms with Crippen LogP contribution in [0.5, 0.6) is 0 Å². The molecular weight excluding hydrogens is 496 g/mol. The van der Waals surface area contributed by atoms with Crippen LogP contribution in [-0.2, 0) is 16.1 Å². The van der Waals surface area contributed by atoms with E-state index in [2.05, 4.69) is 21.2 Å². The molecule has 2 amide bonds. The molecule has 3 rings (SSSR count). The summed E-state index contributed by atoms with van der Waals surface area (Å²) in [5.41, 5.74) is 0.994. The van der Waals surface area contributed by atoms with Gasteiger partial charge >= 0.3 is 0 Å². The van der Waals surface area contributed by atoms with Crippen LogP contribution in [0.3, 0.4) is 0 Å². The maximum atomic E-state index is 13.2. The topological polar surface area (TPSA) is 49.4 Å². The van der Waals surface area contributed by atoms with Crippen LogP contribution < -0.4 is 5.32 Å². The predicted octanol–water partition coefficient (Wildman–Crippen LogP) is 6.06. The van der Waals surface area contributed by atoms with Crippen molar-refractivity contribution < 1.29 is 9.59 Å². The largest absolute Gasteiger partial charge is 0.352 e. The minimum Gasteiger partial charge on any atom is -0.352 e. The van der Waals surface area contributed by atoms with Gasteiger partial charge in [-0.15, -0.1) is 11.8 Å². The van der Waals surface area contributed by atoms with E-state index in [1.807, 2.05) is 55.5 Å². The molecule has 7 heteroatoms. The summed E-state index contributed by atoms with van der Waals surface area (Å²) in [5, 5.41) is 3.84. The third kappa shape index (κ3) is 7.55. The van der Waals surface area contributed by atoms with Crippen molar-refractivity contribution in [1.82, 2.24) is 10.2 Å². The zero-order valence-corrected chi connectivity index (χ0v) is 20.8. The van der Waals surface area contributed by atoms with Crippen LogP contribution in [-0.4, -0.2) is 34.6 Å². The van der Waals surface area contributed by atoms with Crippen molar-refractivity contribution in [3.63, 3.8) is 0 Å². The highest BCUT2D eigenvalue weighted by atomic mass is 79.9. The Kier molecular flexibility index (Phi) is 9.30. The zero-order valence-electron chi connectivity index (χ0n) is 17.7. The Morgan fingerprint density at radius 3 is 2.58 bits per heavy atom. The summed E-state index contributed by atoms with van der Waals surface area (Å²) in [4.78, 5) is 28.8. The van der Waals surface area contributed by atoms with Crippen molar-refractivity contribution >= 4 is 51.1 Å². The van der Waals surface area contributed by atoms with E-state index < -0.39 is 6.04 Å². The van der Waals surface area contributed by atoms with Gasteiger partial charge < -0.3 is 10.2 Å². The van der Waals surface area contributed by atoms with Crippen molar-refractivity contribution in [1.29, 1.82) is 0 Å². The Balaban J connectivity index is 1.65. The lowest BCUT2D eigenvalue weighted by Crippen LogP contribution is -2.49. The molecule has 1 N–H and O–H groups in total. The molecular formula is C24H28BrClN2O2S. The van der Waals surface area contributed by atoms with Crippen molar-refractivity contribution in [3.05, 3.63) is 63.6 Å². The molecule has 1 saturated carbocycles. The minimum absolute atomic E-state index is 0.0180. The Bertz CT molecular complexity index is 887. The first-order valence-corrected chi connectivity index (χ1v) is 12.8. The summed E-state index contributed by atoms with van der Waals surface area (Å²) in [5.74, 6) is 0.558. The zero-order chi connectivity index (χ0) is 22.2. The molecule has 1 atom stereocenters. The van der Waals surface area contributed by atoms with Gasteiger partial charge in [0.25, 0.3) is 0 Å². The van der Waals surface area contributed by atoms with Crippen molar-refractivity contribution in [2.24, 2.45) is 0 Å². The molecule has 2 aromatic carbocycles. The number of amides is 2. The summed E-state index contributed by atoms with van der Waals surface area (Å²) < 4.78 is 0.957. The van der Waals surface area contributed by atoms with Crippen LogP contribution in [0.25, 0.3) is 0 Å². The molecule has 166 valence electrons. The van der Waals surface area contributed by atoms with Gasteiger partial charge in [0.2, 0.25) is 11.8 Å². The van der Waals surface area contributed by atoms with Crippen molar-refractivity contribution in [2.75, 3.05) is 5.75 Å². The fourth-order valence-corrected chi connectivity index (χ4v) is 5.15. The number of carbonyl (C=O) groups is 2. The molecule has 0 heterocycles. The maximum Gasteiger partial charge on any atom is 0.242 e. The lowest BCUT2D eigenvalue weighted by Gasteiger charge is -2.30. The molecule has 4 nitrogen and oxygen atoms in total. The van der Waals surface area contributed by atoms with E-state index in [0.717, 1.165) is 40.6 Å². The van der Waals surface area contributed by atoms with Crippen LogP contribution in [0.2, 0.25) is 5.02 Å². The van der Waals surface area contributed by atoms with Crippen LogP contribution in [0, 0.1) is 0 Å². The van der Waals surface area contributed by atoms with Gasteiger partial charge in [-0.25, -0.2) is 0 Å². The minimum atomic E-state index is -0.521. The number of hydrogen-bond acceptors (Lipinski definition) is 3. The number of nitrogens with zero attached hydrogens (tertiary/aromatic N) is 1. The highest BCUT2D eigenvalue weighted by Crippen LogP contribution is 2.23. The summed E-state index contributed by atoms with van der Waals surface area (Å²) >= 11 is 11.0. The first-order chi connectivity index (χ1) is 14.9. The van der Waals surface area contributed by atoms with E-state index in [-0.39, 0.29) is 17.9 Å². The maximum absolute atomic E-state index is 13.2. The third-order valence-corrected chi connectivity index (χ3v) is 7.27. The third-order valence-electron chi connectivity index (χ3n) is 5.51. The van der Waals surface area contributed by atoms with Crippen LogP contribution in [0.4, 0.5) is 0 Å². The Morgan fingerprint density at radius 2 is 1.90 bits per heavy atom. The molecule has 0 radical (unpaired) electrons. The fourth-order valence-electron chi connectivity index (χ4n) is 3.74. The second kappa shape index (κ2) is 11.9. The number of thioether (sulfide) groups is 1. The van der Waals surface area contributed by atoms with Gasteiger partial charge in [0.05, 0.1) is 0 Å². The number of hydrogen-bond donors (Lipinski definition) is 1. The SMILES string of the molecule is CC(C(=O)NC1CCCC1)N(Cc1cccc(Br)c1)C(=O)CCSc1ccc(Cl)cc1. The van der Waals surface area contributed by atoms with Gasteiger partial charge in [-0.2, -0.15) is 0 Å². The van der Waals surface area contributed by atoms with Gasteiger partial charge in [-0.05, 0) is 61.7 Å². The molecule has 0 spiro atoms. The second-order valence-corrected chi connectivity index (χ2v) is 10.4. The summed E-state index contributed by atoms with van der Waals surface area (Å²) in [6, 6.07) is 15.2. The van der Waals surface area contributed by atoms with E-state index in [0.29, 0.717) is 23.7 Å². The lowest BCUT2D eigenvalue weighted by molar-refractivity contribution is -0.140. The highest BCUT2D eigenvalue weighted by Gasteiger charge is 2.28. The van der Waals surface area contributed by atoms with Gasteiger partial charge in [-0.1, -0.05) is 52.5 Å². The average molecular weight is 524 g/mol. The van der Waals surface area contributed by atoms with E-state index in [1.54, 1.807) is 16.7 Å². The summed E-state index contributed by atoms with van der Waals surface area (Å²) in [7, 11) is 0. The standard InChI is InChI=1S/C24H28BrClN2O2S/c1-17(24(30)27-21-7-2-3-8-21)28(16-18-5-4-6-19(25)15-18)23(29)13-14-31-22-11-9-20(26)10-12-22/h4-6,9-12,15,17,21H,2-3,7-8,13-14,16H2,1H3,(H,27,30). The molecule has 1 aliphatic carbocycles.